The summed E-state index contributed by atoms with van der Waals surface area (Å²) in [5, 5.41) is 21.3. The van der Waals surface area contributed by atoms with Crippen LogP contribution < -0.4 is 10.1 Å². The van der Waals surface area contributed by atoms with Gasteiger partial charge in [-0.05, 0) is 53.6 Å². The van der Waals surface area contributed by atoms with Crippen LogP contribution in [0.4, 0.5) is 10.5 Å². The predicted octanol–water partition coefficient (Wildman–Crippen LogP) is 6.11. The molecule has 0 atom stereocenters. The minimum absolute atomic E-state index is 0.0759. The molecule has 0 spiro atoms. The maximum atomic E-state index is 13.3. The highest BCUT2D eigenvalue weighted by Crippen LogP contribution is 2.23. The highest BCUT2D eigenvalue weighted by molar-refractivity contribution is 5.98. The Morgan fingerprint density at radius 1 is 0.649 bits per heavy atom. The molecule has 0 aliphatic carbocycles. The molecule has 0 unspecified atom stereocenters. The normalized spacial score (nSPS) is 10.4. The van der Waals surface area contributed by atoms with E-state index >= 15 is 0 Å². The first kappa shape index (κ1) is 25.0. The number of para-hydroxylation sites is 1. The van der Waals surface area contributed by atoms with Crippen LogP contribution in [0.3, 0.4) is 0 Å². The third-order valence-electron chi connectivity index (χ3n) is 5.46. The van der Waals surface area contributed by atoms with Crippen LogP contribution in [0.2, 0.25) is 0 Å². The average Bonchev–Trinajstić information content (AvgIpc) is 2.90. The molecule has 4 aromatic carbocycles. The Balaban J connectivity index is 1.54. The lowest BCUT2D eigenvalue weighted by molar-refractivity contribution is 0.0696. The van der Waals surface area contributed by atoms with Crippen molar-refractivity contribution in [3.8, 4) is 11.5 Å². The lowest BCUT2D eigenvalue weighted by atomic mass is 10.1. The fourth-order valence-corrected chi connectivity index (χ4v) is 3.66. The third-order valence-corrected chi connectivity index (χ3v) is 5.46. The number of nitrogens with zero attached hydrogens (tertiary/aromatic N) is 1. The summed E-state index contributed by atoms with van der Waals surface area (Å²) >= 11 is 0. The number of benzene rings is 4. The molecule has 4 aromatic rings. The summed E-state index contributed by atoms with van der Waals surface area (Å²) in [6.45, 7) is 0.524. The van der Waals surface area contributed by atoms with Gasteiger partial charge in [0, 0.05) is 18.8 Å². The molecule has 0 saturated heterocycles. The molecule has 3 N–H and O–H groups in total. The van der Waals surface area contributed by atoms with Crippen molar-refractivity contribution in [1.29, 1.82) is 0 Å². The molecule has 0 heterocycles. The first-order chi connectivity index (χ1) is 17.9. The standard InChI is InChI=1S/C29H24N2O6/c32-27(33)22-15-23(28(34)35)17-24(16-22)30-29(36)31(18-20-7-3-1-4-8-20)19-21-11-13-26(14-12-21)37-25-9-5-2-6-10-25/h1-17H,18-19H2,(H,30,36)(H,32,33)(H,34,35). The SMILES string of the molecule is O=C(O)c1cc(NC(=O)N(Cc2ccccc2)Cc2ccc(Oc3ccccc3)cc2)cc(C(=O)O)c1. The molecule has 186 valence electrons. The Morgan fingerprint density at radius 2 is 1.14 bits per heavy atom. The number of nitrogens with one attached hydrogen (secondary N) is 1. The van der Waals surface area contributed by atoms with Gasteiger partial charge in [0.05, 0.1) is 11.1 Å². The smallest absolute Gasteiger partial charge is 0.335 e. The molecule has 0 radical (unpaired) electrons. The number of hydrogen-bond acceptors (Lipinski definition) is 4. The largest absolute Gasteiger partial charge is 0.478 e. The summed E-state index contributed by atoms with van der Waals surface area (Å²) in [7, 11) is 0. The molecule has 8 heteroatoms. The Kier molecular flexibility index (Phi) is 7.80. The summed E-state index contributed by atoms with van der Waals surface area (Å²) in [4.78, 5) is 37.7. The summed E-state index contributed by atoms with van der Waals surface area (Å²) in [5.41, 5.74) is 1.34. The fraction of sp³-hybridized carbons (Fsp3) is 0.0690. The van der Waals surface area contributed by atoms with Gasteiger partial charge in [-0.2, -0.15) is 0 Å². The van der Waals surface area contributed by atoms with Gasteiger partial charge in [-0.25, -0.2) is 14.4 Å². The number of hydrogen-bond donors (Lipinski definition) is 3. The lowest BCUT2D eigenvalue weighted by Crippen LogP contribution is -2.34. The molecule has 2 amide bonds. The van der Waals surface area contributed by atoms with E-state index < -0.39 is 18.0 Å². The van der Waals surface area contributed by atoms with Gasteiger partial charge in [0.25, 0.3) is 0 Å². The molecule has 0 aliphatic heterocycles. The Morgan fingerprint density at radius 3 is 1.68 bits per heavy atom. The lowest BCUT2D eigenvalue weighted by Gasteiger charge is -2.24. The zero-order valence-electron chi connectivity index (χ0n) is 19.7. The number of carbonyl (C=O) groups is 3. The van der Waals surface area contributed by atoms with Gasteiger partial charge >= 0.3 is 18.0 Å². The van der Waals surface area contributed by atoms with Crippen LogP contribution in [0.1, 0.15) is 31.8 Å². The Labute approximate surface area is 213 Å². The van der Waals surface area contributed by atoms with Crippen LogP contribution >= 0.6 is 0 Å². The number of anilines is 1. The van der Waals surface area contributed by atoms with E-state index in [-0.39, 0.29) is 29.9 Å². The van der Waals surface area contributed by atoms with E-state index in [1.165, 1.54) is 12.1 Å². The van der Waals surface area contributed by atoms with E-state index in [1.54, 1.807) is 4.90 Å². The van der Waals surface area contributed by atoms with Gasteiger partial charge in [-0.15, -0.1) is 0 Å². The molecule has 0 fully saturated rings. The highest BCUT2D eigenvalue weighted by Gasteiger charge is 2.18. The highest BCUT2D eigenvalue weighted by atomic mass is 16.5. The number of carboxylic acids is 2. The number of carbonyl (C=O) groups excluding carboxylic acids is 1. The van der Waals surface area contributed by atoms with Crippen LogP contribution in [0.25, 0.3) is 0 Å². The first-order valence-corrected chi connectivity index (χ1v) is 11.4. The van der Waals surface area contributed by atoms with Gasteiger partial charge in [0.2, 0.25) is 0 Å². The van der Waals surface area contributed by atoms with Crippen LogP contribution in [0, 0.1) is 0 Å². The van der Waals surface area contributed by atoms with E-state index in [1.807, 2.05) is 84.9 Å². The molecule has 4 rings (SSSR count). The van der Waals surface area contributed by atoms with Crippen molar-refractivity contribution >= 4 is 23.7 Å². The van der Waals surface area contributed by atoms with Gasteiger partial charge in [0.1, 0.15) is 11.5 Å². The molecule has 0 bridgehead atoms. The summed E-state index contributed by atoms with van der Waals surface area (Å²) in [6, 6.07) is 29.1. The molecular formula is C29H24N2O6. The molecule has 37 heavy (non-hydrogen) atoms. The van der Waals surface area contributed by atoms with Gasteiger partial charge < -0.3 is 25.2 Å². The monoisotopic (exact) mass is 496 g/mol. The fourth-order valence-electron chi connectivity index (χ4n) is 3.66. The van der Waals surface area contributed by atoms with Crippen molar-refractivity contribution in [1.82, 2.24) is 4.90 Å². The second-order valence-electron chi connectivity index (χ2n) is 8.24. The van der Waals surface area contributed by atoms with Gasteiger partial charge in [0.15, 0.2) is 0 Å². The van der Waals surface area contributed by atoms with E-state index in [4.69, 9.17) is 4.74 Å². The summed E-state index contributed by atoms with van der Waals surface area (Å²) in [6.07, 6.45) is 0. The zero-order chi connectivity index (χ0) is 26.2. The number of amides is 2. The van der Waals surface area contributed by atoms with E-state index in [0.29, 0.717) is 11.5 Å². The quantitative estimate of drug-likeness (QED) is 0.257. The van der Waals surface area contributed by atoms with Crippen LogP contribution in [-0.4, -0.2) is 33.1 Å². The third kappa shape index (κ3) is 6.95. The molecular weight excluding hydrogens is 472 g/mol. The van der Waals surface area contributed by atoms with E-state index in [0.717, 1.165) is 17.2 Å². The minimum atomic E-state index is -1.29. The average molecular weight is 497 g/mol. The summed E-state index contributed by atoms with van der Waals surface area (Å²) in [5.74, 6) is -1.22. The maximum absolute atomic E-state index is 13.3. The molecule has 0 aliphatic rings. The van der Waals surface area contributed by atoms with Gasteiger partial charge in [-0.1, -0.05) is 60.7 Å². The van der Waals surface area contributed by atoms with E-state index in [9.17, 15) is 24.6 Å². The van der Waals surface area contributed by atoms with Crippen LogP contribution in [0.5, 0.6) is 11.5 Å². The minimum Gasteiger partial charge on any atom is -0.478 e. The van der Waals surface area contributed by atoms with Crippen molar-refractivity contribution in [2.75, 3.05) is 5.32 Å². The second kappa shape index (κ2) is 11.5. The number of ether oxygens (including phenoxy) is 1. The van der Waals surface area contributed by atoms with Crippen LogP contribution in [-0.2, 0) is 13.1 Å². The van der Waals surface area contributed by atoms with Crippen molar-refractivity contribution in [2.24, 2.45) is 0 Å². The molecule has 0 saturated carbocycles. The number of carboxylic acid groups (broad SMARTS) is 2. The Bertz CT molecular complexity index is 1360. The van der Waals surface area contributed by atoms with Crippen molar-refractivity contribution in [2.45, 2.75) is 13.1 Å². The molecule has 8 nitrogen and oxygen atoms in total. The van der Waals surface area contributed by atoms with Crippen LogP contribution in [0.15, 0.2) is 103 Å². The van der Waals surface area contributed by atoms with Crippen molar-refractivity contribution in [3.05, 3.63) is 125 Å². The Hall–Kier alpha value is -5.11. The number of rotatable bonds is 9. The predicted molar refractivity (Wildman–Crippen MR) is 138 cm³/mol. The molecule has 0 aromatic heterocycles. The summed E-state index contributed by atoms with van der Waals surface area (Å²) < 4.78 is 5.83. The van der Waals surface area contributed by atoms with Crippen molar-refractivity contribution < 1.29 is 29.3 Å². The van der Waals surface area contributed by atoms with Gasteiger partial charge in [-0.3, -0.25) is 0 Å². The topological polar surface area (TPSA) is 116 Å². The van der Waals surface area contributed by atoms with E-state index in [2.05, 4.69) is 5.32 Å². The zero-order valence-corrected chi connectivity index (χ0v) is 19.7. The first-order valence-electron chi connectivity index (χ1n) is 11.4. The number of urea groups is 1. The number of aromatic carboxylic acids is 2. The maximum Gasteiger partial charge on any atom is 0.335 e. The van der Waals surface area contributed by atoms with Crippen molar-refractivity contribution in [3.63, 3.8) is 0 Å². The second-order valence-corrected chi connectivity index (χ2v) is 8.24.